The predicted molar refractivity (Wildman–Crippen MR) is 80.8 cm³/mol. The summed E-state index contributed by atoms with van der Waals surface area (Å²) in [5, 5.41) is 3.16. The summed E-state index contributed by atoms with van der Waals surface area (Å²) in [7, 11) is 0. The van der Waals surface area contributed by atoms with Gasteiger partial charge in [0, 0.05) is 17.5 Å². The van der Waals surface area contributed by atoms with Crippen LogP contribution in [0.1, 0.15) is 43.9 Å². The summed E-state index contributed by atoms with van der Waals surface area (Å²) < 4.78 is 0.777. The molecule has 1 aliphatic carbocycles. The van der Waals surface area contributed by atoms with Crippen LogP contribution in [0.15, 0.2) is 12.1 Å². The first-order valence-corrected chi connectivity index (χ1v) is 8.18. The van der Waals surface area contributed by atoms with E-state index in [4.69, 9.17) is 11.6 Å². The molecule has 0 atom stereocenters. The highest BCUT2D eigenvalue weighted by Crippen LogP contribution is 2.23. The van der Waals surface area contributed by atoms with Crippen LogP contribution in [-0.2, 0) is 6.54 Å². The minimum Gasteiger partial charge on any atom is -0.335 e. The Bertz CT molecular complexity index is 415. The Balaban J connectivity index is 1.87. The first-order valence-electron chi connectivity index (χ1n) is 6.98. The van der Waals surface area contributed by atoms with Gasteiger partial charge in [-0.1, -0.05) is 30.9 Å². The van der Waals surface area contributed by atoms with Gasteiger partial charge in [-0.05, 0) is 31.9 Å². The van der Waals surface area contributed by atoms with E-state index in [1.165, 1.54) is 30.6 Å². The smallest absolute Gasteiger partial charge is 0.317 e. The number of rotatable bonds is 4. The summed E-state index contributed by atoms with van der Waals surface area (Å²) in [5.41, 5.74) is 0. The molecule has 1 saturated carbocycles. The van der Waals surface area contributed by atoms with Gasteiger partial charge in [-0.2, -0.15) is 0 Å². The van der Waals surface area contributed by atoms with E-state index < -0.39 is 0 Å². The second-order valence-electron chi connectivity index (χ2n) is 5.00. The van der Waals surface area contributed by atoms with Crippen LogP contribution in [0.5, 0.6) is 0 Å². The number of hydrogen-bond donors (Lipinski definition) is 1. The largest absolute Gasteiger partial charge is 0.335 e. The average Bonchev–Trinajstić information content (AvgIpc) is 2.82. The van der Waals surface area contributed by atoms with Gasteiger partial charge in [0.1, 0.15) is 0 Å². The molecule has 0 unspecified atom stereocenters. The van der Waals surface area contributed by atoms with Crippen molar-refractivity contribution in [2.45, 2.75) is 51.6 Å². The lowest BCUT2D eigenvalue weighted by Gasteiger charge is -2.27. The molecule has 1 aromatic rings. The van der Waals surface area contributed by atoms with E-state index in [1.54, 1.807) is 0 Å². The maximum Gasteiger partial charge on any atom is 0.317 e. The van der Waals surface area contributed by atoms with Crippen molar-refractivity contribution in [3.8, 4) is 0 Å². The third kappa shape index (κ3) is 4.39. The third-order valence-corrected chi connectivity index (χ3v) is 4.79. The fraction of sp³-hybridized carbons (Fsp3) is 0.643. The van der Waals surface area contributed by atoms with Gasteiger partial charge in [-0.3, -0.25) is 0 Å². The van der Waals surface area contributed by atoms with Gasteiger partial charge in [0.25, 0.3) is 0 Å². The fourth-order valence-electron chi connectivity index (χ4n) is 2.46. The molecule has 0 spiro atoms. The average molecular weight is 301 g/mol. The summed E-state index contributed by atoms with van der Waals surface area (Å²) in [6.07, 6.45) is 6.01. The molecule has 0 aromatic carbocycles. The normalized spacial score (nSPS) is 16.3. The van der Waals surface area contributed by atoms with Gasteiger partial charge in [0.05, 0.1) is 10.9 Å². The summed E-state index contributed by atoms with van der Waals surface area (Å²) in [6.45, 7) is 3.37. The molecule has 0 aliphatic heterocycles. The lowest BCUT2D eigenvalue weighted by atomic mass is 9.96. The van der Waals surface area contributed by atoms with Crippen LogP contribution >= 0.6 is 22.9 Å². The molecule has 0 bridgehead atoms. The minimum atomic E-state index is 0.0546. The van der Waals surface area contributed by atoms with E-state index in [0.29, 0.717) is 19.1 Å². The molecule has 1 aliphatic rings. The number of amides is 2. The molecule has 2 amide bonds. The predicted octanol–water partition coefficient (Wildman–Crippen LogP) is 4.27. The van der Waals surface area contributed by atoms with Crippen LogP contribution < -0.4 is 5.32 Å². The molecule has 106 valence electrons. The van der Waals surface area contributed by atoms with Gasteiger partial charge in [0.2, 0.25) is 0 Å². The number of nitrogens with one attached hydrogen (secondary N) is 1. The Labute approximate surface area is 123 Å². The molecule has 19 heavy (non-hydrogen) atoms. The van der Waals surface area contributed by atoms with E-state index >= 15 is 0 Å². The summed E-state index contributed by atoms with van der Waals surface area (Å²) in [4.78, 5) is 15.2. The van der Waals surface area contributed by atoms with E-state index in [0.717, 1.165) is 22.1 Å². The molecule has 1 heterocycles. The van der Waals surface area contributed by atoms with Crippen LogP contribution in [0.2, 0.25) is 4.34 Å². The highest BCUT2D eigenvalue weighted by Gasteiger charge is 2.19. The fourth-order valence-corrected chi connectivity index (χ4v) is 3.57. The van der Waals surface area contributed by atoms with Gasteiger partial charge in [-0.15, -0.1) is 11.3 Å². The molecule has 1 aromatic heterocycles. The zero-order chi connectivity index (χ0) is 13.7. The topological polar surface area (TPSA) is 32.3 Å². The quantitative estimate of drug-likeness (QED) is 0.885. The molecule has 2 rings (SSSR count). The summed E-state index contributed by atoms with van der Waals surface area (Å²) >= 11 is 7.46. The molecular weight excluding hydrogens is 280 g/mol. The number of nitrogens with zero attached hydrogens (tertiary/aromatic N) is 1. The van der Waals surface area contributed by atoms with E-state index in [-0.39, 0.29) is 6.03 Å². The molecule has 0 radical (unpaired) electrons. The highest BCUT2D eigenvalue weighted by atomic mass is 35.5. The van der Waals surface area contributed by atoms with Crippen LogP contribution in [0.25, 0.3) is 0 Å². The SMILES string of the molecule is CCN(Cc1ccc(Cl)s1)C(=O)NC1CCCCC1. The Hall–Kier alpha value is -0.740. The van der Waals surface area contributed by atoms with Crippen molar-refractivity contribution in [1.29, 1.82) is 0 Å². The lowest BCUT2D eigenvalue weighted by Crippen LogP contribution is -2.45. The maximum absolute atomic E-state index is 12.2. The number of carbonyl (C=O) groups is 1. The molecule has 1 N–H and O–H groups in total. The van der Waals surface area contributed by atoms with Crippen molar-refractivity contribution in [1.82, 2.24) is 10.2 Å². The van der Waals surface area contributed by atoms with E-state index in [2.05, 4.69) is 5.32 Å². The zero-order valence-corrected chi connectivity index (χ0v) is 12.9. The highest BCUT2D eigenvalue weighted by molar-refractivity contribution is 7.16. The number of carbonyl (C=O) groups excluding carboxylic acids is 1. The van der Waals surface area contributed by atoms with Crippen LogP contribution in [0.4, 0.5) is 4.79 Å². The molecule has 3 nitrogen and oxygen atoms in total. The maximum atomic E-state index is 12.2. The van der Waals surface area contributed by atoms with Crippen molar-refractivity contribution in [2.24, 2.45) is 0 Å². The van der Waals surface area contributed by atoms with Crippen molar-refractivity contribution in [3.63, 3.8) is 0 Å². The van der Waals surface area contributed by atoms with E-state index in [9.17, 15) is 4.79 Å². The van der Waals surface area contributed by atoms with Gasteiger partial charge >= 0.3 is 6.03 Å². The number of halogens is 1. The summed E-state index contributed by atoms with van der Waals surface area (Å²) in [5.74, 6) is 0. The molecule has 1 fully saturated rings. The number of urea groups is 1. The Morgan fingerprint density at radius 3 is 2.74 bits per heavy atom. The van der Waals surface area contributed by atoms with Crippen molar-refractivity contribution >= 4 is 29.0 Å². The minimum absolute atomic E-state index is 0.0546. The number of thiophene rings is 1. The Morgan fingerprint density at radius 2 is 2.16 bits per heavy atom. The second kappa shape index (κ2) is 7.15. The lowest BCUT2D eigenvalue weighted by molar-refractivity contribution is 0.190. The Kier molecular flexibility index (Phi) is 5.52. The monoisotopic (exact) mass is 300 g/mol. The van der Waals surface area contributed by atoms with Crippen LogP contribution in [-0.4, -0.2) is 23.5 Å². The second-order valence-corrected chi connectivity index (χ2v) is 6.80. The standard InChI is InChI=1S/C14H21ClN2OS/c1-2-17(10-12-8-9-13(15)19-12)14(18)16-11-6-4-3-5-7-11/h8-9,11H,2-7,10H2,1H3,(H,16,18). The van der Waals surface area contributed by atoms with E-state index in [1.807, 2.05) is 24.0 Å². The number of hydrogen-bond acceptors (Lipinski definition) is 2. The van der Waals surface area contributed by atoms with Gasteiger partial charge in [0.15, 0.2) is 0 Å². The first kappa shape index (κ1) is 14.7. The van der Waals surface area contributed by atoms with Crippen molar-refractivity contribution in [2.75, 3.05) is 6.54 Å². The van der Waals surface area contributed by atoms with Crippen molar-refractivity contribution < 1.29 is 4.79 Å². The van der Waals surface area contributed by atoms with Crippen LogP contribution in [0, 0.1) is 0 Å². The molecule has 0 saturated heterocycles. The summed E-state index contributed by atoms with van der Waals surface area (Å²) in [6, 6.07) is 4.29. The zero-order valence-electron chi connectivity index (χ0n) is 11.3. The first-order chi connectivity index (χ1) is 9.19. The molecular formula is C14H21ClN2OS. The van der Waals surface area contributed by atoms with Gasteiger partial charge < -0.3 is 10.2 Å². The molecule has 5 heteroatoms. The Morgan fingerprint density at radius 1 is 1.42 bits per heavy atom. The van der Waals surface area contributed by atoms with Gasteiger partial charge in [-0.25, -0.2) is 4.79 Å². The van der Waals surface area contributed by atoms with Crippen LogP contribution in [0.3, 0.4) is 0 Å². The van der Waals surface area contributed by atoms with Crippen molar-refractivity contribution in [3.05, 3.63) is 21.3 Å². The third-order valence-electron chi connectivity index (χ3n) is 3.58.